The Balaban J connectivity index is 2.73. The highest BCUT2D eigenvalue weighted by atomic mass is 127. The zero-order chi connectivity index (χ0) is 10.1. The molecule has 0 aliphatic rings. The lowest BCUT2D eigenvalue weighted by molar-refractivity contribution is 0.412. The van der Waals surface area contributed by atoms with Gasteiger partial charge in [0.1, 0.15) is 5.75 Å². The first-order valence-corrected chi connectivity index (χ1v) is 5.52. The van der Waals surface area contributed by atoms with E-state index in [1.54, 1.807) is 7.11 Å². The Morgan fingerprint density at radius 3 is 2.57 bits per heavy atom. The Morgan fingerprint density at radius 2 is 1.86 bits per heavy atom. The summed E-state index contributed by atoms with van der Waals surface area (Å²) in [5.41, 5.74) is 1.28. The zero-order valence-corrected chi connectivity index (χ0v) is 10.3. The van der Waals surface area contributed by atoms with Gasteiger partial charge < -0.3 is 4.74 Å². The number of methoxy groups -OCH3 is 1. The fourth-order valence-electron chi connectivity index (χ4n) is 1.52. The van der Waals surface area contributed by atoms with Gasteiger partial charge in [-0.25, -0.2) is 0 Å². The molecule has 0 radical (unpaired) electrons. The van der Waals surface area contributed by atoms with Crippen molar-refractivity contribution in [3.05, 3.63) is 39.5 Å². The first-order valence-electron chi connectivity index (χ1n) is 4.44. The van der Waals surface area contributed by atoms with Crippen molar-refractivity contribution in [3.8, 4) is 5.75 Å². The van der Waals surface area contributed by atoms with Gasteiger partial charge in [0.2, 0.25) is 0 Å². The van der Waals surface area contributed by atoms with Gasteiger partial charge in [-0.05, 0) is 52.4 Å². The molecule has 1 nitrogen and oxygen atoms in total. The van der Waals surface area contributed by atoms with Crippen molar-refractivity contribution >= 4 is 33.4 Å². The Kier molecular flexibility index (Phi) is 2.63. The monoisotopic (exact) mass is 298 g/mol. The summed E-state index contributed by atoms with van der Waals surface area (Å²) in [6, 6.07) is 10.7. The molecule has 2 heteroatoms. The van der Waals surface area contributed by atoms with E-state index in [0.717, 1.165) is 9.32 Å². The van der Waals surface area contributed by atoms with Crippen LogP contribution in [0.2, 0.25) is 0 Å². The molecule has 0 heterocycles. The molecule has 0 unspecified atom stereocenters. The number of hydrogen-bond acceptors (Lipinski definition) is 1. The summed E-state index contributed by atoms with van der Waals surface area (Å²) >= 11 is 2.29. The molecule has 0 saturated heterocycles. The van der Waals surface area contributed by atoms with Crippen LogP contribution in [0, 0.1) is 10.5 Å². The number of aryl methyl sites for hydroxylation is 1. The third-order valence-corrected chi connectivity index (χ3v) is 3.11. The molecule has 0 spiro atoms. The van der Waals surface area contributed by atoms with Gasteiger partial charge >= 0.3 is 0 Å². The molecule has 2 aromatic carbocycles. The van der Waals surface area contributed by atoms with E-state index in [1.807, 2.05) is 0 Å². The number of fused-ring (bicyclic) bond motifs is 1. The molecule has 0 amide bonds. The van der Waals surface area contributed by atoms with E-state index >= 15 is 0 Å². The maximum atomic E-state index is 5.29. The van der Waals surface area contributed by atoms with Gasteiger partial charge in [-0.1, -0.05) is 23.8 Å². The molecular weight excluding hydrogens is 287 g/mol. The highest BCUT2D eigenvalue weighted by molar-refractivity contribution is 14.1. The van der Waals surface area contributed by atoms with Gasteiger partial charge in [-0.2, -0.15) is 0 Å². The van der Waals surface area contributed by atoms with Gasteiger partial charge in [-0.3, -0.25) is 0 Å². The molecule has 0 atom stereocenters. The van der Waals surface area contributed by atoms with Gasteiger partial charge in [0, 0.05) is 0 Å². The lowest BCUT2D eigenvalue weighted by Crippen LogP contribution is -1.87. The van der Waals surface area contributed by atoms with Crippen LogP contribution in [-0.2, 0) is 0 Å². The number of rotatable bonds is 1. The number of hydrogen-bond donors (Lipinski definition) is 0. The number of benzene rings is 2. The van der Waals surface area contributed by atoms with E-state index in [2.05, 4.69) is 59.8 Å². The fraction of sp³-hybridized carbons (Fsp3) is 0.167. The molecule has 14 heavy (non-hydrogen) atoms. The third kappa shape index (κ3) is 1.71. The van der Waals surface area contributed by atoms with Crippen LogP contribution < -0.4 is 4.74 Å². The second kappa shape index (κ2) is 3.77. The molecule has 0 aliphatic heterocycles. The van der Waals surface area contributed by atoms with Gasteiger partial charge in [0.15, 0.2) is 0 Å². The van der Waals surface area contributed by atoms with E-state index in [4.69, 9.17) is 4.74 Å². The topological polar surface area (TPSA) is 9.23 Å². The molecule has 0 N–H and O–H groups in total. The highest BCUT2D eigenvalue weighted by Gasteiger charge is 2.02. The lowest BCUT2D eigenvalue weighted by atomic mass is 10.1. The Labute approximate surface area is 97.2 Å². The van der Waals surface area contributed by atoms with Crippen LogP contribution in [0.15, 0.2) is 30.3 Å². The molecule has 72 valence electrons. The van der Waals surface area contributed by atoms with E-state index in [-0.39, 0.29) is 0 Å². The maximum absolute atomic E-state index is 5.29. The summed E-state index contributed by atoms with van der Waals surface area (Å²) in [5.74, 6) is 0.948. The normalized spacial score (nSPS) is 10.5. The van der Waals surface area contributed by atoms with Crippen molar-refractivity contribution in [1.82, 2.24) is 0 Å². The number of ether oxygens (including phenoxy) is 1. The first kappa shape index (κ1) is 9.77. The standard InChI is InChI=1S/C12H11IO/c1-8-3-4-9-6-11(13)12(14-2)7-10(9)5-8/h3-7H,1-2H3. The zero-order valence-electron chi connectivity index (χ0n) is 8.17. The minimum atomic E-state index is 0.948. The molecule has 2 aromatic rings. The second-order valence-electron chi connectivity index (χ2n) is 3.34. The highest BCUT2D eigenvalue weighted by Crippen LogP contribution is 2.27. The van der Waals surface area contributed by atoms with Crippen LogP contribution in [0.3, 0.4) is 0 Å². The molecule has 0 saturated carbocycles. The molecular formula is C12H11IO. The van der Waals surface area contributed by atoms with Crippen LogP contribution in [0.1, 0.15) is 5.56 Å². The Bertz CT molecular complexity index is 477. The van der Waals surface area contributed by atoms with Gasteiger partial charge in [0.25, 0.3) is 0 Å². The van der Waals surface area contributed by atoms with E-state index in [9.17, 15) is 0 Å². The van der Waals surface area contributed by atoms with Crippen LogP contribution in [0.5, 0.6) is 5.75 Å². The lowest BCUT2D eigenvalue weighted by Gasteiger charge is -2.06. The summed E-state index contributed by atoms with van der Waals surface area (Å²) < 4.78 is 6.44. The van der Waals surface area contributed by atoms with Crippen LogP contribution in [0.25, 0.3) is 10.8 Å². The predicted molar refractivity (Wildman–Crippen MR) is 68.0 cm³/mol. The van der Waals surface area contributed by atoms with Crippen LogP contribution >= 0.6 is 22.6 Å². The molecule has 0 bridgehead atoms. The Morgan fingerprint density at radius 1 is 1.07 bits per heavy atom. The van der Waals surface area contributed by atoms with Crippen molar-refractivity contribution < 1.29 is 4.74 Å². The first-order chi connectivity index (χ1) is 6.70. The van der Waals surface area contributed by atoms with Crippen molar-refractivity contribution in [2.24, 2.45) is 0 Å². The third-order valence-electron chi connectivity index (χ3n) is 2.27. The Hall–Kier alpha value is -0.770. The van der Waals surface area contributed by atoms with Gasteiger partial charge in [-0.15, -0.1) is 0 Å². The maximum Gasteiger partial charge on any atom is 0.132 e. The summed E-state index contributed by atoms with van der Waals surface area (Å²) in [7, 11) is 1.71. The molecule has 2 rings (SSSR count). The summed E-state index contributed by atoms with van der Waals surface area (Å²) in [6.07, 6.45) is 0. The van der Waals surface area contributed by atoms with Crippen molar-refractivity contribution in [2.75, 3.05) is 7.11 Å². The minimum Gasteiger partial charge on any atom is -0.496 e. The van der Waals surface area contributed by atoms with Crippen LogP contribution in [-0.4, -0.2) is 7.11 Å². The number of halogens is 1. The molecule has 0 fully saturated rings. The van der Waals surface area contributed by atoms with E-state index in [1.165, 1.54) is 16.3 Å². The van der Waals surface area contributed by atoms with Gasteiger partial charge in [0.05, 0.1) is 10.7 Å². The van der Waals surface area contributed by atoms with Crippen molar-refractivity contribution in [2.45, 2.75) is 6.92 Å². The van der Waals surface area contributed by atoms with E-state index < -0.39 is 0 Å². The quantitative estimate of drug-likeness (QED) is 0.728. The van der Waals surface area contributed by atoms with Crippen molar-refractivity contribution in [3.63, 3.8) is 0 Å². The summed E-state index contributed by atoms with van der Waals surface area (Å²) in [5, 5.41) is 2.50. The fourth-order valence-corrected chi connectivity index (χ4v) is 2.24. The second-order valence-corrected chi connectivity index (χ2v) is 4.50. The largest absolute Gasteiger partial charge is 0.496 e. The smallest absolute Gasteiger partial charge is 0.132 e. The summed E-state index contributed by atoms with van der Waals surface area (Å²) in [6.45, 7) is 2.10. The average Bonchev–Trinajstić information content (AvgIpc) is 2.17. The van der Waals surface area contributed by atoms with Crippen LogP contribution in [0.4, 0.5) is 0 Å². The van der Waals surface area contributed by atoms with E-state index in [0.29, 0.717) is 0 Å². The van der Waals surface area contributed by atoms with Crippen molar-refractivity contribution in [1.29, 1.82) is 0 Å². The average molecular weight is 298 g/mol. The summed E-state index contributed by atoms with van der Waals surface area (Å²) in [4.78, 5) is 0. The molecule has 0 aliphatic carbocycles. The molecule has 0 aromatic heterocycles. The predicted octanol–water partition coefficient (Wildman–Crippen LogP) is 3.76. The minimum absolute atomic E-state index is 0.948. The SMILES string of the molecule is COc1cc2cc(C)ccc2cc1I.